The van der Waals surface area contributed by atoms with Crippen LogP contribution in [0.4, 0.5) is 10.5 Å². The third kappa shape index (κ3) is 5.33. The predicted octanol–water partition coefficient (Wildman–Crippen LogP) is 3.35. The van der Waals surface area contributed by atoms with Crippen molar-refractivity contribution in [3.63, 3.8) is 0 Å². The van der Waals surface area contributed by atoms with E-state index < -0.39 is 11.1 Å². The number of rotatable bonds is 5. The summed E-state index contributed by atoms with van der Waals surface area (Å²) in [6.45, 7) is 0.273. The lowest BCUT2D eigenvalue weighted by atomic mass is 10.3. The Morgan fingerprint density at radius 1 is 1.39 bits per heavy atom. The van der Waals surface area contributed by atoms with Gasteiger partial charge < -0.3 is 9.47 Å². The smallest absolute Gasteiger partial charge is 0.433 e. The van der Waals surface area contributed by atoms with Crippen LogP contribution in [-0.2, 0) is 4.74 Å². The zero-order valence-electron chi connectivity index (χ0n) is 9.05. The van der Waals surface area contributed by atoms with Crippen LogP contribution in [0, 0.1) is 10.1 Å². The Hall–Kier alpha value is -0.650. The van der Waals surface area contributed by atoms with Gasteiger partial charge in [0, 0.05) is 16.6 Å². The topological polar surface area (TPSA) is 78.7 Å². The van der Waals surface area contributed by atoms with Crippen LogP contribution in [0.2, 0.25) is 0 Å². The Balaban J connectivity index is 2.47. The molecule has 0 aliphatic heterocycles. The maximum Gasteiger partial charge on any atom is 0.513 e. The van der Waals surface area contributed by atoms with Crippen molar-refractivity contribution < 1.29 is 19.2 Å². The average Bonchev–Trinajstić information content (AvgIpc) is 2.36. The monoisotopic (exact) mass is 477 g/mol. The van der Waals surface area contributed by atoms with Crippen molar-refractivity contribution in [2.45, 2.75) is 3.92 Å². The van der Waals surface area contributed by atoms with Crippen molar-refractivity contribution in [1.82, 2.24) is 0 Å². The van der Waals surface area contributed by atoms with Gasteiger partial charge in [0.1, 0.15) is 12.4 Å². The van der Waals surface area contributed by atoms with E-state index >= 15 is 0 Å². The number of alkyl halides is 2. The summed E-state index contributed by atoms with van der Waals surface area (Å²) < 4.78 is 10.8. The summed E-state index contributed by atoms with van der Waals surface area (Å²) in [6, 6.07) is 5.21. The number of hydrogen-bond acceptors (Lipinski definition) is 5. The summed E-state index contributed by atoms with van der Waals surface area (Å²) in [5.74, 6) is 0.213. The third-order valence-corrected chi connectivity index (χ3v) is 5.35. The molecule has 0 bridgehead atoms. The quantitative estimate of drug-likeness (QED) is 0.163. The molecule has 98 valence electrons. The highest BCUT2D eigenvalue weighted by molar-refractivity contribution is 14.1. The number of carbonyl (C=O) groups excluding carboxylic acids is 1. The first-order valence-electron chi connectivity index (χ1n) is 4.82. The number of nitrogens with zero attached hydrogens (tertiary/aromatic N) is 1. The van der Waals surface area contributed by atoms with Crippen molar-refractivity contribution in [3.05, 3.63) is 34.4 Å². The van der Waals surface area contributed by atoms with Gasteiger partial charge in [-0.15, -0.1) is 0 Å². The molecule has 6 nitrogen and oxygen atoms in total. The molecule has 1 atom stereocenters. The van der Waals surface area contributed by atoms with E-state index in [4.69, 9.17) is 9.47 Å². The molecule has 0 amide bonds. The van der Waals surface area contributed by atoms with E-state index in [9.17, 15) is 14.9 Å². The van der Waals surface area contributed by atoms with E-state index in [1.807, 2.05) is 0 Å². The van der Waals surface area contributed by atoms with Gasteiger partial charge in [0.15, 0.2) is 0 Å². The molecule has 0 spiro atoms. The van der Waals surface area contributed by atoms with Crippen LogP contribution in [0.3, 0.4) is 0 Å². The van der Waals surface area contributed by atoms with Crippen LogP contribution >= 0.6 is 45.2 Å². The summed E-state index contributed by atoms with van der Waals surface area (Å²) in [4.78, 5) is 21.2. The Bertz CT molecular complexity index is 423. The number of benzene rings is 1. The van der Waals surface area contributed by atoms with Crippen molar-refractivity contribution in [3.8, 4) is 5.75 Å². The molecule has 0 radical (unpaired) electrons. The number of halogens is 2. The van der Waals surface area contributed by atoms with E-state index in [1.165, 1.54) is 24.3 Å². The molecule has 0 saturated carbocycles. The number of nitro benzene ring substituents is 1. The second-order valence-electron chi connectivity index (χ2n) is 3.17. The van der Waals surface area contributed by atoms with E-state index in [1.54, 1.807) is 0 Å². The third-order valence-electron chi connectivity index (χ3n) is 1.80. The molecule has 1 aromatic rings. The molecular formula is C10H9I2NO5. The molecule has 0 N–H and O–H groups in total. The number of non-ortho nitro benzene ring substituents is 1. The first kappa shape index (κ1) is 15.4. The molecule has 0 aliphatic rings. The summed E-state index contributed by atoms with van der Waals surface area (Å²) in [5, 5.41) is 10.4. The first-order chi connectivity index (χ1) is 8.52. The van der Waals surface area contributed by atoms with Crippen LogP contribution in [0.15, 0.2) is 24.3 Å². The van der Waals surface area contributed by atoms with Crippen LogP contribution in [0.1, 0.15) is 0 Å². The highest BCUT2D eigenvalue weighted by Crippen LogP contribution is 2.17. The molecule has 1 unspecified atom stereocenters. The van der Waals surface area contributed by atoms with Gasteiger partial charge >= 0.3 is 6.16 Å². The number of carbonyl (C=O) groups is 1. The summed E-state index contributed by atoms with van der Waals surface area (Å²) in [6.07, 6.45) is -0.810. The standard InChI is InChI=1S/C10H9I2NO5/c11-5-7(12)6-17-10(14)18-9-3-1-8(2-4-9)13(15)16/h1-4,7H,5-6H2. The van der Waals surface area contributed by atoms with Gasteiger partial charge in [0.05, 0.1) is 8.85 Å². The van der Waals surface area contributed by atoms with Gasteiger partial charge in [-0.2, -0.15) is 0 Å². The van der Waals surface area contributed by atoms with Crippen LogP contribution in [0.5, 0.6) is 5.75 Å². The van der Waals surface area contributed by atoms with Gasteiger partial charge in [0.25, 0.3) is 5.69 Å². The van der Waals surface area contributed by atoms with E-state index in [0.717, 1.165) is 4.43 Å². The first-order valence-corrected chi connectivity index (χ1v) is 7.59. The van der Waals surface area contributed by atoms with E-state index in [-0.39, 0.29) is 22.0 Å². The predicted molar refractivity (Wildman–Crippen MR) is 81.8 cm³/mol. The fourth-order valence-electron chi connectivity index (χ4n) is 0.965. The minimum atomic E-state index is -0.810. The van der Waals surface area contributed by atoms with Crippen LogP contribution in [0.25, 0.3) is 0 Å². The SMILES string of the molecule is O=C(OCC(I)CI)Oc1ccc([N+](=O)[O-])cc1. The highest BCUT2D eigenvalue weighted by atomic mass is 127. The molecule has 0 aromatic heterocycles. The second-order valence-corrected chi connectivity index (χ2v) is 5.81. The van der Waals surface area contributed by atoms with E-state index in [0.29, 0.717) is 0 Å². The maximum atomic E-state index is 11.3. The molecule has 0 fully saturated rings. The van der Waals surface area contributed by atoms with E-state index in [2.05, 4.69) is 45.2 Å². The Kier molecular flexibility index (Phi) is 6.60. The minimum Gasteiger partial charge on any atom is -0.433 e. The van der Waals surface area contributed by atoms with Gasteiger partial charge in [-0.1, -0.05) is 45.2 Å². The van der Waals surface area contributed by atoms with Crippen molar-refractivity contribution in [2.24, 2.45) is 0 Å². The summed E-state index contributed by atoms with van der Waals surface area (Å²) in [7, 11) is 0. The molecular weight excluding hydrogens is 468 g/mol. The van der Waals surface area contributed by atoms with Gasteiger partial charge in [-0.05, 0) is 12.1 Å². The number of nitro groups is 1. The fraction of sp³-hybridized carbons (Fsp3) is 0.300. The van der Waals surface area contributed by atoms with Crippen LogP contribution in [-0.4, -0.2) is 26.0 Å². The lowest BCUT2D eigenvalue weighted by molar-refractivity contribution is -0.384. The van der Waals surface area contributed by atoms with Crippen LogP contribution < -0.4 is 4.74 Å². The number of ether oxygens (including phenoxy) is 2. The highest BCUT2D eigenvalue weighted by Gasteiger charge is 2.11. The molecule has 8 heteroatoms. The van der Waals surface area contributed by atoms with Crippen molar-refractivity contribution >= 4 is 57.0 Å². The lowest BCUT2D eigenvalue weighted by Crippen LogP contribution is -2.17. The second kappa shape index (κ2) is 7.71. The Morgan fingerprint density at radius 2 is 2.00 bits per heavy atom. The molecule has 1 aromatic carbocycles. The molecule has 0 heterocycles. The van der Waals surface area contributed by atoms with Gasteiger partial charge in [-0.25, -0.2) is 4.79 Å². The molecule has 1 rings (SSSR count). The zero-order valence-corrected chi connectivity index (χ0v) is 13.4. The number of hydrogen-bond donors (Lipinski definition) is 0. The fourth-order valence-corrected chi connectivity index (χ4v) is 1.40. The Morgan fingerprint density at radius 3 is 2.50 bits per heavy atom. The Labute approximate surface area is 130 Å². The summed E-state index contributed by atoms with van der Waals surface area (Å²) in [5.41, 5.74) is -0.0621. The van der Waals surface area contributed by atoms with Gasteiger partial charge in [-0.3, -0.25) is 10.1 Å². The maximum absolute atomic E-state index is 11.3. The molecule has 0 saturated heterocycles. The lowest BCUT2D eigenvalue weighted by Gasteiger charge is -2.07. The molecule has 18 heavy (non-hydrogen) atoms. The largest absolute Gasteiger partial charge is 0.513 e. The zero-order chi connectivity index (χ0) is 13.5. The van der Waals surface area contributed by atoms with Crippen molar-refractivity contribution in [2.75, 3.05) is 11.0 Å². The average molecular weight is 477 g/mol. The van der Waals surface area contributed by atoms with Gasteiger partial charge in [0.2, 0.25) is 0 Å². The molecule has 0 aliphatic carbocycles. The minimum absolute atomic E-state index is 0.0621. The normalized spacial score (nSPS) is 11.7. The summed E-state index contributed by atoms with van der Waals surface area (Å²) >= 11 is 4.36. The van der Waals surface area contributed by atoms with Crippen molar-refractivity contribution in [1.29, 1.82) is 0 Å².